The number of hydrogen-bond donors (Lipinski definition) is 0. The Morgan fingerprint density at radius 1 is 0.408 bits per heavy atom. The Morgan fingerprint density at radius 3 is 1.92 bits per heavy atom. The first-order valence-electron chi connectivity index (χ1n) is 16.7. The summed E-state index contributed by atoms with van der Waals surface area (Å²) in [6.07, 6.45) is 0. The SMILES string of the molecule is c1ccc(-c2ccc(N(c3ccc4cc5c(cc4c3)oc3ccccc35)c3cccc4c5ccccc5n(-c5ccccc5)c34)cc2)cc1. The lowest BCUT2D eigenvalue weighted by Crippen LogP contribution is -2.11. The summed E-state index contributed by atoms with van der Waals surface area (Å²) < 4.78 is 8.73. The van der Waals surface area contributed by atoms with Gasteiger partial charge in [0.2, 0.25) is 0 Å². The minimum absolute atomic E-state index is 0.899. The van der Waals surface area contributed by atoms with Crippen molar-refractivity contribution >= 4 is 71.6 Å². The molecule has 3 nitrogen and oxygen atoms in total. The maximum absolute atomic E-state index is 6.32. The summed E-state index contributed by atoms with van der Waals surface area (Å²) in [6.45, 7) is 0. The van der Waals surface area contributed by atoms with Crippen molar-refractivity contribution in [1.82, 2.24) is 4.57 Å². The van der Waals surface area contributed by atoms with Crippen molar-refractivity contribution < 1.29 is 4.42 Å². The molecule has 0 aliphatic rings. The normalized spacial score (nSPS) is 11.7. The maximum atomic E-state index is 6.32. The van der Waals surface area contributed by atoms with Crippen LogP contribution in [0.3, 0.4) is 0 Å². The van der Waals surface area contributed by atoms with E-state index in [2.05, 4.69) is 179 Å². The number of benzene rings is 8. The smallest absolute Gasteiger partial charge is 0.136 e. The summed E-state index contributed by atoms with van der Waals surface area (Å²) in [5, 5.41) is 7.04. The summed E-state index contributed by atoms with van der Waals surface area (Å²) in [4.78, 5) is 2.40. The van der Waals surface area contributed by atoms with E-state index in [-0.39, 0.29) is 0 Å². The molecule has 230 valence electrons. The highest BCUT2D eigenvalue weighted by Crippen LogP contribution is 2.44. The second kappa shape index (κ2) is 11.0. The average Bonchev–Trinajstić information content (AvgIpc) is 3.71. The van der Waals surface area contributed by atoms with Gasteiger partial charge in [0.25, 0.3) is 0 Å². The average molecular weight is 627 g/mol. The van der Waals surface area contributed by atoms with Gasteiger partial charge >= 0.3 is 0 Å². The number of furan rings is 1. The lowest BCUT2D eigenvalue weighted by atomic mass is 10.0. The Hall–Kier alpha value is -6.58. The third-order valence-corrected chi connectivity index (χ3v) is 9.74. The zero-order chi connectivity index (χ0) is 32.3. The van der Waals surface area contributed by atoms with Crippen LogP contribution in [0.1, 0.15) is 0 Å². The van der Waals surface area contributed by atoms with Crippen LogP contribution >= 0.6 is 0 Å². The highest BCUT2D eigenvalue weighted by Gasteiger charge is 2.22. The van der Waals surface area contributed by atoms with Crippen LogP contribution < -0.4 is 4.90 Å². The van der Waals surface area contributed by atoms with E-state index in [1.54, 1.807) is 0 Å². The van der Waals surface area contributed by atoms with Gasteiger partial charge in [-0.3, -0.25) is 0 Å². The van der Waals surface area contributed by atoms with Gasteiger partial charge in [-0.05, 0) is 88.6 Å². The molecule has 3 heteroatoms. The first-order valence-corrected chi connectivity index (χ1v) is 16.7. The van der Waals surface area contributed by atoms with E-state index in [0.717, 1.165) is 55.6 Å². The van der Waals surface area contributed by atoms with E-state index in [4.69, 9.17) is 4.42 Å². The molecule has 0 N–H and O–H groups in total. The molecule has 10 rings (SSSR count). The van der Waals surface area contributed by atoms with Gasteiger partial charge in [-0.2, -0.15) is 0 Å². The van der Waals surface area contributed by atoms with Crippen molar-refractivity contribution in [3.63, 3.8) is 0 Å². The summed E-state index contributed by atoms with van der Waals surface area (Å²) in [5.74, 6) is 0. The van der Waals surface area contributed by atoms with E-state index in [0.29, 0.717) is 0 Å². The van der Waals surface area contributed by atoms with Gasteiger partial charge in [0.15, 0.2) is 0 Å². The molecule has 0 saturated heterocycles. The molecule has 2 heterocycles. The molecule has 0 radical (unpaired) electrons. The van der Waals surface area contributed by atoms with Crippen molar-refractivity contribution in [2.75, 3.05) is 4.90 Å². The molecule has 0 atom stereocenters. The monoisotopic (exact) mass is 626 g/mol. The predicted octanol–water partition coefficient (Wildman–Crippen LogP) is 13.0. The predicted molar refractivity (Wildman–Crippen MR) is 206 cm³/mol. The molecule has 0 unspecified atom stereocenters. The Morgan fingerprint density at radius 2 is 1.08 bits per heavy atom. The summed E-state index contributed by atoms with van der Waals surface area (Å²) in [5.41, 5.74) is 10.9. The zero-order valence-corrected chi connectivity index (χ0v) is 26.6. The molecule has 49 heavy (non-hydrogen) atoms. The van der Waals surface area contributed by atoms with Gasteiger partial charge < -0.3 is 13.9 Å². The Balaban J connectivity index is 1.24. The number of para-hydroxylation sites is 4. The van der Waals surface area contributed by atoms with Crippen molar-refractivity contribution in [3.05, 3.63) is 182 Å². The number of rotatable bonds is 5. The van der Waals surface area contributed by atoms with Crippen LogP contribution in [0.5, 0.6) is 0 Å². The Bertz CT molecular complexity index is 2810. The minimum Gasteiger partial charge on any atom is -0.456 e. The molecule has 0 bridgehead atoms. The molecule has 0 amide bonds. The number of anilines is 3. The highest BCUT2D eigenvalue weighted by atomic mass is 16.3. The molecule has 2 aromatic heterocycles. The lowest BCUT2D eigenvalue weighted by molar-refractivity contribution is 0.669. The lowest BCUT2D eigenvalue weighted by Gasteiger charge is -2.27. The molecule has 0 fully saturated rings. The van der Waals surface area contributed by atoms with Crippen LogP contribution in [0, 0.1) is 0 Å². The van der Waals surface area contributed by atoms with Gasteiger partial charge in [-0.25, -0.2) is 0 Å². The van der Waals surface area contributed by atoms with E-state index < -0.39 is 0 Å². The van der Waals surface area contributed by atoms with Crippen LogP contribution in [0.15, 0.2) is 186 Å². The second-order valence-electron chi connectivity index (χ2n) is 12.6. The van der Waals surface area contributed by atoms with Crippen LogP contribution in [0.25, 0.3) is 71.3 Å². The van der Waals surface area contributed by atoms with Crippen LogP contribution in [-0.2, 0) is 0 Å². The maximum Gasteiger partial charge on any atom is 0.136 e. The molecule has 0 saturated carbocycles. The van der Waals surface area contributed by atoms with Crippen LogP contribution in [-0.4, -0.2) is 4.57 Å². The summed E-state index contributed by atoms with van der Waals surface area (Å²) in [6, 6.07) is 65.1. The quantitative estimate of drug-likeness (QED) is 0.190. The van der Waals surface area contributed by atoms with E-state index in [1.165, 1.54) is 32.8 Å². The number of fused-ring (bicyclic) bond motifs is 7. The largest absolute Gasteiger partial charge is 0.456 e. The molecule has 8 aromatic carbocycles. The van der Waals surface area contributed by atoms with E-state index >= 15 is 0 Å². The standard InChI is InChI=1S/C46H30N2O/c1-3-12-31(13-4-1)32-22-25-36(26-23-32)47(37-27-24-33-29-41-39-17-8-10-21-44(39)49-45(41)30-34(33)28-37)43-20-11-18-40-38-16-7-9-19-42(38)48(46(40)43)35-14-5-2-6-15-35/h1-30H. The third kappa shape index (κ3) is 4.44. The van der Waals surface area contributed by atoms with Gasteiger partial charge in [-0.15, -0.1) is 0 Å². The number of nitrogens with zero attached hydrogens (tertiary/aromatic N) is 2. The summed E-state index contributed by atoms with van der Waals surface area (Å²) in [7, 11) is 0. The first kappa shape index (κ1) is 27.5. The number of hydrogen-bond acceptors (Lipinski definition) is 2. The molecule has 0 aliphatic heterocycles. The van der Waals surface area contributed by atoms with Gasteiger partial charge in [-0.1, -0.05) is 115 Å². The highest BCUT2D eigenvalue weighted by molar-refractivity contribution is 6.15. The molecule has 0 spiro atoms. The van der Waals surface area contributed by atoms with Gasteiger partial charge in [0, 0.05) is 38.6 Å². The van der Waals surface area contributed by atoms with Crippen LogP contribution in [0.2, 0.25) is 0 Å². The van der Waals surface area contributed by atoms with Crippen molar-refractivity contribution in [2.24, 2.45) is 0 Å². The molecule has 10 aromatic rings. The van der Waals surface area contributed by atoms with Gasteiger partial charge in [0.05, 0.1) is 16.7 Å². The van der Waals surface area contributed by atoms with Crippen LogP contribution in [0.4, 0.5) is 17.1 Å². The fourth-order valence-corrected chi connectivity index (χ4v) is 7.48. The number of aromatic nitrogens is 1. The van der Waals surface area contributed by atoms with Gasteiger partial charge in [0.1, 0.15) is 11.2 Å². The van der Waals surface area contributed by atoms with Crippen molar-refractivity contribution in [3.8, 4) is 16.8 Å². The topological polar surface area (TPSA) is 21.3 Å². The minimum atomic E-state index is 0.899. The fraction of sp³-hybridized carbons (Fsp3) is 0. The zero-order valence-electron chi connectivity index (χ0n) is 26.6. The molecular weight excluding hydrogens is 597 g/mol. The Kier molecular flexibility index (Phi) is 6.18. The molecule has 0 aliphatic carbocycles. The van der Waals surface area contributed by atoms with E-state index in [1.807, 2.05) is 12.1 Å². The fourth-order valence-electron chi connectivity index (χ4n) is 7.48. The van der Waals surface area contributed by atoms with Crippen molar-refractivity contribution in [1.29, 1.82) is 0 Å². The Labute approximate surface area is 283 Å². The van der Waals surface area contributed by atoms with Crippen molar-refractivity contribution in [2.45, 2.75) is 0 Å². The molecular formula is C46H30N2O. The van der Waals surface area contributed by atoms with E-state index in [9.17, 15) is 0 Å². The third-order valence-electron chi connectivity index (χ3n) is 9.74. The second-order valence-corrected chi connectivity index (χ2v) is 12.6. The summed E-state index contributed by atoms with van der Waals surface area (Å²) >= 11 is 0. The first-order chi connectivity index (χ1) is 24.3.